The van der Waals surface area contributed by atoms with Crippen molar-refractivity contribution in [3.8, 4) is 22.6 Å². The Hall–Kier alpha value is -3.27. The van der Waals surface area contributed by atoms with Crippen LogP contribution in [0.1, 0.15) is 96.1 Å². The van der Waals surface area contributed by atoms with E-state index in [1.54, 1.807) is 0 Å². The summed E-state index contributed by atoms with van der Waals surface area (Å²) in [5, 5.41) is 0. The Bertz CT molecular complexity index is 1090. The van der Waals surface area contributed by atoms with Crippen LogP contribution >= 0.6 is 0 Å². The van der Waals surface area contributed by atoms with Gasteiger partial charge < -0.3 is 14.2 Å². The van der Waals surface area contributed by atoms with E-state index in [2.05, 4.69) is 62.4 Å². The standard InChI is InChI=1S/C36H48O4/c1-4-6-8-9-10-11-12-13-30-15-19-32(20-16-30)33-21-17-31(18-22-33)28-39-35-25-23-34(24-26-35)38-27-29(3)40-36(37)14-7-5-2/h15-26,29H,4-14,27-28H2,1-3H3. The Balaban J connectivity index is 1.37. The first-order chi connectivity index (χ1) is 19.6. The zero-order valence-corrected chi connectivity index (χ0v) is 24.8. The first kappa shape index (κ1) is 31.3. The molecule has 0 saturated heterocycles. The Labute approximate surface area is 242 Å². The van der Waals surface area contributed by atoms with Gasteiger partial charge in [0.1, 0.15) is 30.8 Å². The summed E-state index contributed by atoms with van der Waals surface area (Å²) in [6.45, 7) is 7.00. The number of carbonyl (C=O) groups is 1. The Morgan fingerprint density at radius 3 is 1.75 bits per heavy atom. The number of esters is 1. The number of unbranched alkanes of at least 4 members (excludes halogenated alkanes) is 7. The van der Waals surface area contributed by atoms with Gasteiger partial charge in [0.2, 0.25) is 0 Å². The van der Waals surface area contributed by atoms with Crippen LogP contribution < -0.4 is 9.47 Å². The maximum absolute atomic E-state index is 11.7. The maximum atomic E-state index is 11.7. The topological polar surface area (TPSA) is 44.8 Å². The first-order valence-electron chi connectivity index (χ1n) is 15.3. The second-order valence-electron chi connectivity index (χ2n) is 10.7. The molecule has 0 aliphatic rings. The highest BCUT2D eigenvalue weighted by atomic mass is 16.6. The fourth-order valence-corrected chi connectivity index (χ4v) is 4.59. The highest BCUT2D eigenvalue weighted by molar-refractivity contribution is 5.69. The van der Waals surface area contributed by atoms with Crippen molar-refractivity contribution in [2.24, 2.45) is 0 Å². The zero-order valence-electron chi connectivity index (χ0n) is 24.8. The highest BCUT2D eigenvalue weighted by Crippen LogP contribution is 2.23. The van der Waals surface area contributed by atoms with Crippen LogP contribution in [0, 0.1) is 0 Å². The summed E-state index contributed by atoms with van der Waals surface area (Å²) in [5.74, 6) is 1.34. The summed E-state index contributed by atoms with van der Waals surface area (Å²) >= 11 is 0. The predicted molar refractivity (Wildman–Crippen MR) is 165 cm³/mol. The Morgan fingerprint density at radius 2 is 1.15 bits per heavy atom. The van der Waals surface area contributed by atoms with Gasteiger partial charge in [0, 0.05) is 6.42 Å². The van der Waals surface area contributed by atoms with Gasteiger partial charge >= 0.3 is 5.97 Å². The van der Waals surface area contributed by atoms with Gasteiger partial charge in [-0.1, -0.05) is 107 Å². The minimum Gasteiger partial charge on any atom is -0.490 e. The molecular formula is C36H48O4. The van der Waals surface area contributed by atoms with Crippen LogP contribution in [0.3, 0.4) is 0 Å². The van der Waals surface area contributed by atoms with Crippen LogP contribution in [0.2, 0.25) is 0 Å². The van der Waals surface area contributed by atoms with E-state index in [4.69, 9.17) is 14.2 Å². The molecule has 4 nitrogen and oxygen atoms in total. The first-order valence-corrected chi connectivity index (χ1v) is 15.3. The lowest BCUT2D eigenvalue weighted by Crippen LogP contribution is -2.21. The van der Waals surface area contributed by atoms with Crippen LogP contribution in [0.25, 0.3) is 11.1 Å². The van der Waals surface area contributed by atoms with E-state index in [1.165, 1.54) is 68.1 Å². The molecule has 0 saturated carbocycles. The molecule has 0 aliphatic carbocycles. The average Bonchev–Trinajstić information content (AvgIpc) is 2.98. The van der Waals surface area contributed by atoms with Gasteiger partial charge in [-0.25, -0.2) is 0 Å². The Morgan fingerprint density at radius 1 is 0.625 bits per heavy atom. The van der Waals surface area contributed by atoms with Crippen molar-refractivity contribution < 1.29 is 19.0 Å². The van der Waals surface area contributed by atoms with Gasteiger partial charge in [-0.15, -0.1) is 0 Å². The van der Waals surface area contributed by atoms with Crippen molar-refractivity contribution in [2.75, 3.05) is 6.61 Å². The van der Waals surface area contributed by atoms with E-state index < -0.39 is 0 Å². The third-order valence-corrected chi connectivity index (χ3v) is 7.09. The smallest absolute Gasteiger partial charge is 0.306 e. The van der Waals surface area contributed by atoms with E-state index in [1.807, 2.05) is 31.2 Å². The molecule has 0 spiro atoms. The Kier molecular flexibility index (Phi) is 14.2. The molecule has 1 unspecified atom stereocenters. The van der Waals surface area contributed by atoms with E-state index in [0.29, 0.717) is 19.6 Å². The third-order valence-electron chi connectivity index (χ3n) is 7.09. The largest absolute Gasteiger partial charge is 0.490 e. The van der Waals surface area contributed by atoms with Crippen molar-refractivity contribution in [1.82, 2.24) is 0 Å². The molecule has 3 aromatic rings. The number of hydrogen-bond acceptors (Lipinski definition) is 4. The van der Waals surface area contributed by atoms with Crippen molar-refractivity contribution >= 4 is 5.97 Å². The molecule has 3 rings (SSSR count). The monoisotopic (exact) mass is 544 g/mol. The summed E-state index contributed by atoms with van der Waals surface area (Å²) in [7, 11) is 0. The second-order valence-corrected chi connectivity index (χ2v) is 10.7. The van der Waals surface area contributed by atoms with E-state index in [9.17, 15) is 4.79 Å². The van der Waals surface area contributed by atoms with Crippen LogP contribution in [-0.2, 0) is 22.6 Å². The molecule has 0 amide bonds. The number of benzene rings is 3. The summed E-state index contributed by atoms with van der Waals surface area (Å²) < 4.78 is 17.1. The van der Waals surface area contributed by atoms with E-state index >= 15 is 0 Å². The predicted octanol–water partition coefficient (Wildman–Crippen LogP) is 9.73. The van der Waals surface area contributed by atoms with Crippen LogP contribution in [0.4, 0.5) is 0 Å². The third kappa shape index (κ3) is 11.9. The van der Waals surface area contributed by atoms with Gasteiger partial charge in [-0.3, -0.25) is 4.79 Å². The molecule has 0 bridgehead atoms. The lowest BCUT2D eigenvalue weighted by atomic mass is 10.00. The van der Waals surface area contributed by atoms with E-state index in [-0.39, 0.29) is 12.1 Å². The molecule has 216 valence electrons. The van der Waals surface area contributed by atoms with Crippen LogP contribution in [0.15, 0.2) is 72.8 Å². The number of aryl methyl sites for hydroxylation is 1. The quantitative estimate of drug-likeness (QED) is 0.111. The molecule has 0 heterocycles. The van der Waals surface area contributed by atoms with Crippen molar-refractivity contribution in [3.63, 3.8) is 0 Å². The number of rotatable bonds is 19. The van der Waals surface area contributed by atoms with Crippen LogP contribution in [0.5, 0.6) is 11.5 Å². The van der Waals surface area contributed by atoms with Gasteiger partial charge in [0.05, 0.1) is 0 Å². The lowest BCUT2D eigenvalue weighted by Gasteiger charge is -2.14. The SMILES string of the molecule is CCCCCCCCCc1ccc(-c2ccc(COc3ccc(OCC(C)OC(=O)CCCC)cc3)cc2)cc1. The van der Waals surface area contributed by atoms with Gasteiger partial charge in [0.15, 0.2) is 0 Å². The molecule has 0 N–H and O–H groups in total. The van der Waals surface area contributed by atoms with Crippen molar-refractivity contribution in [2.45, 2.75) is 104 Å². The van der Waals surface area contributed by atoms with Gasteiger partial charge in [-0.05, 0) is 72.7 Å². The molecule has 4 heteroatoms. The molecule has 1 atom stereocenters. The molecule has 40 heavy (non-hydrogen) atoms. The van der Waals surface area contributed by atoms with E-state index in [0.717, 1.165) is 29.9 Å². The van der Waals surface area contributed by atoms with Crippen molar-refractivity contribution in [3.05, 3.63) is 83.9 Å². The van der Waals surface area contributed by atoms with Crippen molar-refractivity contribution in [1.29, 1.82) is 0 Å². The summed E-state index contributed by atoms with van der Waals surface area (Å²) in [6, 6.07) is 25.2. The molecule has 0 fully saturated rings. The highest BCUT2D eigenvalue weighted by Gasteiger charge is 2.10. The summed E-state index contributed by atoms with van der Waals surface area (Å²) in [4.78, 5) is 11.7. The van der Waals surface area contributed by atoms with Gasteiger partial charge in [0.25, 0.3) is 0 Å². The zero-order chi connectivity index (χ0) is 28.4. The summed E-state index contributed by atoms with van der Waals surface area (Å²) in [6.07, 6.45) is 12.6. The fourth-order valence-electron chi connectivity index (χ4n) is 4.59. The normalized spacial score (nSPS) is 11.7. The molecule has 0 aliphatic heterocycles. The molecule has 0 aromatic heterocycles. The number of carbonyl (C=O) groups excluding carboxylic acids is 1. The van der Waals surface area contributed by atoms with Crippen LogP contribution in [-0.4, -0.2) is 18.7 Å². The average molecular weight is 545 g/mol. The molecule has 3 aromatic carbocycles. The minimum atomic E-state index is -0.281. The second kappa shape index (κ2) is 18.1. The lowest BCUT2D eigenvalue weighted by molar-refractivity contribution is -0.149. The van der Waals surface area contributed by atoms with Gasteiger partial charge in [-0.2, -0.15) is 0 Å². The fraction of sp³-hybridized carbons (Fsp3) is 0.472. The maximum Gasteiger partial charge on any atom is 0.306 e. The number of hydrogen-bond donors (Lipinski definition) is 0. The minimum absolute atomic E-state index is 0.165. The summed E-state index contributed by atoms with van der Waals surface area (Å²) in [5.41, 5.74) is 5.02. The molecular weight excluding hydrogens is 496 g/mol. The molecule has 0 radical (unpaired) electrons. The number of ether oxygens (including phenoxy) is 3.